The van der Waals surface area contributed by atoms with Crippen LogP contribution in [0.15, 0.2) is 60.0 Å². The standard InChI is InChI=1S/C38H40F8N4O5/c1-35(2,3)32-31(51)28(34(53)48-25-9-8-23(37(41,42)43)18-24(25)22-7-11-27(47-20-22)38(44,45)46)33(52)36(4,49(32)5)19-21-6-10-26(30(40)29(21)39)55-17-14-50-12-15-54-16-13-50/h6-11,18,20,32,52H,12-17,19H2,1-5H3,(H,48,53)/t32?,36-/m0/s1. The lowest BCUT2D eigenvalue weighted by atomic mass is 9.72. The van der Waals surface area contributed by atoms with Crippen LogP contribution in [0.3, 0.4) is 0 Å². The molecule has 2 aliphatic rings. The number of ketones is 1. The van der Waals surface area contributed by atoms with Crippen molar-refractivity contribution in [2.75, 3.05) is 51.8 Å². The van der Waals surface area contributed by atoms with E-state index in [-0.39, 0.29) is 34.7 Å². The number of amides is 1. The van der Waals surface area contributed by atoms with Gasteiger partial charge in [-0.15, -0.1) is 0 Å². The van der Waals surface area contributed by atoms with Crippen LogP contribution in [0.4, 0.5) is 40.8 Å². The third kappa shape index (κ3) is 8.78. The summed E-state index contributed by atoms with van der Waals surface area (Å²) >= 11 is 0. The van der Waals surface area contributed by atoms with Crippen molar-refractivity contribution in [3.05, 3.63) is 88.4 Å². The van der Waals surface area contributed by atoms with Crippen LogP contribution >= 0.6 is 0 Å². The second-order valence-electron chi connectivity index (χ2n) is 14.7. The zero-order valence-electron chi connectivity index (χ0n) is 30.6. The van der Waals surface area contributed by atoms with Crippen LogP contribution in [-0.4, -0.2) is 89.7 Å². The Kier molecular flexibility index (Phi) is 11.7. The number of hydrogen-bond acceptors (Lipinski definition) is 8. The van der Waals surface area contributed by atoms with Gasteiger partial charge in [0.15, 0.2) is 17.3 Å². The van der Waals surface area contributed by atoms with E-state index in [0.717, 1.165) is 12.1 Å². The van der Waals surface area contributed by atoms with E-state index in [9.17, 15) is 41.0 Å². The van der Waals surface area contributed by atoms with E-state index >= 15 is 8.78 Å². The van der Waals surface area contributed by atoms with Gasteiger partial charge in [0.05, 0.1) is 30.4 Å². The number of nitrogens with one attached hydrogen (secondary N) is 1. The smallest absolute Gasteiger partial charge is 0.433 e. The summed E-state index contributed by atoms with van der Waals surface area (Å²) in [5, 5.41) is 14.1. The molecular weight excluding hydrogens is 744 g/mol. The Morgan fingerprint density at radius 3 is 2.25 bits per heavy atom. The van der Waals surface area contributed by atoms with Crippen molar-refractivity contribution < 1.29 is 59.3 Å². The molecule has 1 fully saturated rings. The number of anilines is 1. The van der Waals surface area contributed by atoms with Crippen molar-refractivity contribution in [2.45, 2.75) is 58.0 Å². The number of morpholine rings is 1. The number of carbonyl (C=O) groups excluding carboxylic acids is 2. The number of rotatable bonds is 9. The average molecular weight is 785 g/mol. The third-order valence-electron chi connectivity index (χ3n) is 9.85. The highest BCUT2D eigenvalue weighted by Gasteiger charge is 2.53. The van der Waals surface area contributed by atoms with Crippen LogP contribution in [0.1, 0.15) is 44.5 Å². The maximum absolute atomic E-state index is 15.7. The normalized spacial score (nSPS) is 20.5. The number of pyridine rings is 1. The minimum atomic E-state index is -4.88. The summed E-state index contributed by atoms with van der Waals surface area (Å²) in [7, 11) is 1.47. The highest BCUT2D eigenvalue weighted by molar-refractivity contribution is 6.26. The first-order valence-corrected chi connectivity index (χ1v) is 17.2. The number of alkyl halides is 6. The zero-order valence-corrected chi connectivity index (χ0v) is 30.6. The van der Waals surface area contributed by atoms with Gasteiger partial charge in [-0.05, 0) is 55.3 Å². The van der Waals surface area contributed by atoms with Gasteiger partial charge in [0, 0.05) is 49.1 Å². The molecule has 55 heavy (non-hydrogen) atoms. The quantitative estimate of drug-likeness (QED) is 0.170. The van der Waals surface area contributed by atoms with E-state index in [4.69, 9.17) is 9.47 Å². The van der Waals surface area contributed by atoms with Crippen molar-refractivity contribution in [2.24, 2.45) is 5.41 Å². The molecule has 1 aromatic heterocycles. The van der Waals surface area contributed by atoms with Gasteiger partial charge in [-0.25, -0.2) is 4.39 Å². The minimum Gasteiger partial charge on any atom is -0.509 e. The molecule has 0 radical (unpaired) electrons. The molecule has 9 nitrogen and oxygen atoms in total. The van der Waals surface area contributed by atoms with Gasteiger partial charge in [-0.3, -0.25) is 24.4 Å². The maximum Gasteiger partial charge on any atom is 0.433 e. The van der Waals surface area contributed by atoms with Crippen molar-refractivity contribution in [3.63, 3.8) is 0 Å². The Hall–Kier alpha value is -4.61. The molecule has 2 atom stereocenters. The summed E-state index contributed by atoms with van der Waals surface area (Å²) in [6, 6.07) is 4.87. The van der Waals surface area contributed by atoms with Crippen molar-refractivity contribution in [1.82, 2.24) is 14.8 Å². The fraction of sp³-hybridized carbons (Fsp3) is 0.447. The zero-order chi connectivity index (χ0) is 40.7. The maximum atomic E-state index is 15.7. The number of halogens is 8. The topological polar surface area (TPSA) is 104 Å². The third-order valence-corrected chi connectivity index (χ3v) is 9.85. The molecule has 2 N–H and O–H groups in total. The fourth-order valence-electron chi connectivity index (χ4n) is 6.83. The van der Waals surface area contributed by atoms with Crippen molar-refractivity contribution in [1.29, 1.82) is 0 Å². The highest BCUT2D eigenvalue weighted by atomic mass is 19.4. The molecule has 298 valence electrons. The SMILES string of the molecule is CN1C(C(C)(C)C)C(=O)C(C(=O)Nc2ccc(C(F)(F)F)cc2-c2ccc(C(F)(F)F)nc2)=C(O)[C@]1(C)Cc1ccc(OCCN2CCOCC2)c(F)c1F. The molecule has 0 saturated carbocycles. The monoisotopic (exact) mass is 784 g/mol. The lowest BCUT2D eigenvalue weighted by molar-refractivity contribution is -0.141. The molecule has 5 rings (SSSR count). The van der Waals surface area contributed by atoms with E-state index in [2.05, 4.69) is 10.3 Å². The first kappa shape index (κ1) is 41.6. The summed E-state index contributed by atoms with van der Waals surface area (Å²) in [6.07, 6.45) is -9.49. The van der Waals surface area contributed by atoms with E-state index in [1.165, 1.54) is 31.0 Å². The van der Waals surface area contributed by atoms with Crippen LogP contribution < -0.4 is 10.1 Å². The Morgan fingerprint density at radius 1 is 1.00 bits per heavy atom. The molecule has 3 heterocycles. The van der Waals surface area contributed by atoms with E-state index in [1.54, 1.807) is 20.8 Å². The highest BCUT2D eigenvalue weighted by Crippen LogP contribution is 2.43. The number of likely N-dealkylation sites (N-methyl/N-ethyl adjacent to an activating group) is 1. The summed E-state index contributed by atoms with van der Waals surface area (Å²) in [6.45, 7) is 9.42. The Labute approximate surface area is 311 Å². The molecule has 1 amide bonds. The summed E-state index contributed by atoms with van der Waals surface area (Å²) in [5.74, 6) is -5.85. The molecule has 1 saturated heterocycles. The molecule has 2 aliphatic heterocycles. The number of nitrogens with zero attached hydrogens (tertiary/aromatic N) is 3. The predicted molar refractivity (Wildman–Crippen MR) is 185 cm³/mol. The lowest BCUT2D eigenvalue weighted by Gasteiger charge is -2.50. The van der Waals surface area contributed by atoms with E-state index < -0.39 is 81.7 Å². The van der Waals surface area contributed by atoms with Crippen LogP contribution in [0.2, 0.25) is 0 Å². The van der Waals surface area contributed by atoms with E-state index in [0.29, 0.717) is 57.2 Å². The largest absolute Gasteiger partial charge is 0.509 e. The average Bonchev–Trinajstić information content (AvgIpc) is 3.10. The van der Waals surface area contributed by atoms with Gasteiger partial charge < -0.3 is 19.9 Å². The molecule has 0 aliphatic carbocycles. The minimum absolute atomic E-state index is 0.0730. The van der Waals surface area contributed by atoms with Crippen LogP contribution in [0, 0.1) is 17.0 Å². The molecule has 17 heteroatoms. The van der Waals surface area contributed by atoms with Crippen LogP contribution in [0.5, 0.6) is 5.75 Å². The molecule has 0 bridgehead atoms. The first-order chi connectivity index (χ1) is 25.5. The van der Waals surface area contributed by atoms with Gasteiger partial charge >= 0.3 is 12.4 Å². The molecule has 1 unspecified atom stereocenters. The van der Waals surface area contributed by atoms with Gasteiger partial charge in [-0.2, -0.15) is 30.7 Å². The number of aromatic nitrogens is 1. The van der Waals surface area contributed by atoms with Crippen LogP contribution in [0.25, 0.3) is 11.1 Å². The second kappa shape index (κ2) is 15.5. The van der Waals surface area contributed by atoms with Gasteiger partial charge in [0.2, 0.25) is 5.82 Å². The number of carbonyl (C=O) groups is 2. The molecule has 2 aromatic carbocycles. The fourth-order valence-corrected chi connectivity index (χ4v) is 6.83. The van der Waals surface area contributed by atoms with Crippen molar-refractivity contribution in [3.8, 4) is 16.9 Å². The van der Waals surface area contributed by atoms with Crippen molar-refractivity contribution >= 4 is 17.4 Å². The lowest BCUT2D eigenvalue weighted by Crippen LogP contribution is -2.63. The van der Waals surface area contributed by atoms with Gasteiger partial charge in [0.1, 0.15) is 23.6 Å². The predicted octanol–water partition coefficient (Wildman–Crippen LogP) is 7.46. The molecular formula is C38H40F8N4O5. The van der Waals surface area contributed by atoms with Gasteiger partial charge in [-0.1, -0.05) is 32.9 Å². The molecule has 3 aromatic rings. The molecule has 0 spiro atoms. The first-order valence-electron chi connectivity index (χ1n) is 17.2. The Balaban J connectivity index is 1.51. The summed E-state index contributed by atoms with van der Waals surface area (Å²) in [4.78, 5) is 34.9. The van der Waals surface area contributed by atoms with Gasteiger partial charge in [0.25, 0.3) is 5.91 Å². The number of ether oxygens (including phenoxy) is 2. The number of hydrogen-bond donors (Lipinski definition) is 2. The summed E-state index contributed by atoms with van der Waals surface area (Å²) in [5.41, 5.74) is -7.14. The Bertz CT molecular complexity index is 1950. The van der Waals surface area contributed by atoms with Crippen LogP contribution in [-0.2, 0) is 33.1 Å². The summed E-state index contributed by atoms with van der Waals surface area (Å²) < 4.78 is 123. The number of benzene rings is 2. The number of aliphatic hydroxyl groups excluding tert-OH is 1. The Morgan fingerprint density at radius 2 is 1.67 bits per heavy atom. The number of aliphatic hydroxyl groups is 1. The van der Waals surface area contributed by atoms with E-state index in [1.807, 2.05) is 4.90 Å². The number of Topliss-reactive ketones (excluding diaryl/α,β-unsaturated/α-hetero) is 1. The second-order valence-corrected chi connectivity index (χ2v) is 14.7.